The van der Waals surface area contributed by atoms with Crippen LogP contribution in [0.4, 0.5) is 16.4 Å². The Morgan fingerprint density at radius 2 is 1.73 bits per heavy atom. The van der Waals surface area contributed by atoms with Gasteiger partial charge in [0, 0.05) is 26.2 Å². The van der Waals surface area contributed by atoms with E-state index in [1.807, 2.05) is 82.1 Å². The maximum Gasteiger partial charge on any atom is 0.317 e. The van der Waals surface area contributed by atoms with Gasteiger partial charge >= 0.3 is 11.9 Å². The number of anilines is 2. The Balaban J connectivity index is 1.06. The monoisotopic (exact) mass is 655 g/mol. The van der Waals surface area contributed by atoms with Crippen molar-refractivity contribution in [1.29, 1.82) is 0 Å². The predicted molar refractivity (Wildman–Crippen MR) is 160 cm³/mol. The molecule has 2 fully saturated rings. The maximum atomic E-state index is 12.8. The molecule has 0 unspecified atom stereocenters. The summed E-state index contributed by atoms with van der Waals surface area (Å²) in [7, 11) is 0. The Hall–Kier alpha value is -4.14. The molecule has 12 nitrogen and oxygen atoms in total. The molecular weight excluding hydrogens is 625 g/mol. The first-order chi connectivity index (χ1) is 19.3. The van der Waals surface area contributed by atoms with Crippen molar-refractivity contribution < 1.29 is 14.3 Å². The van der Waals surface area contributed by atoms with Gasteiger partial charge in [-0.05, 0) is 71.7 Å². The lowest BCUT2D eigenvalue weighted by atomic mass is 9.89. The molecule has 13 heteroatoms. The van der Waals surface area contributed by atoms with Crippen LogP contribution in [0.2, 0.25) is 0 Å². The zero-order chi connectivity index (χ0) is 28.1. The van der Waals surface area contributed by atoms with E-state index >= 15 is 0 Å². The molecule has 1 aromatic heterocycles. The van der Waals surface area contributed by atoms with Gasteiger partial charge in [-0.1, -0.05) is 30.3 Å². The Bertz CT molecular complexity index is 1410. The average Bonchev–Trinajstić information content (AvgIpc) is 3.33. The number of rotatable bonds is 6. The Kier molecular flexibility index (Phi) is 8.19. The number of ether oxygens (including phenoxy) is 1. The summed E-state index contributed by atoms with van der Waals surface area (Å²) >= 11 is 1.89. The van der Waals surface area contributed by atoms with Crippen LogP contribution in [0, 0.1) is 3.70 Å². The summed E-state index contributed by atoms with van der Waals surface area (Å²) in [6.45, 7) is 2.30. The largest absolute Gasteiger partial charge is 0.457 e. The molecule has 3 aromatic rings. The topological polar surface area (TPSA) is 173 Å². The zero-order valence-corrected chi connectivity index (χ0v) is 23.8. The van der Waals surface area contributed by atoms with Gasteiger partial charge in [-0.15, -0.1) is 0 Å². The Morgan fingerprint density at radius 1 is 1.02 bits per heavy atom. The van der Waals surface area contributed by atoms with Gasteiger partial charge in [0.15, 0.2) is 23.3 Å². The summed E-state index contributed by atoms with van der Waals surface area (Å²) < 4.78 is 6.21. The Morgan fingerprint density at radius 3 is 2.45 bits per heavy atom. The minimum atomic E-state index is -0.606. The number of carbonyl (C=O) groups is 2. The van der Waals surface area contributed by atoms with Crippen LogP contribution < -0.4 is 32.2 Å². The van der Waals surface area contributed by atoms with Gasteiger partial charge in [-0.25, -0.2) is 14.8 Å². The first-order valence-corrected chi connectivity index (χ1v) is 14.0. The number of aliphatic imine (C=N–C) groups is 1. The molecule has 208 valence electrons. The molecule has 7 N–H and O–H groups in total. The fourth-order valence-corrected chi connectivity index (χ4v) is 4.99. The second-order valence-corrected chi connectivity index (χ2v) is 10.7. The number of nitrogen functional groups attached to an aromatic ring is 2. The van der Waals surface area contributed by atoms with E-state index in [4.69, 9.17) is 16.2 Å². The SMILES string of the molecule is Nc1nc(N)c(C(=O)/N=C2\NCC3(CCN(C(=O)NCCc4ccc(Oc5ccccc5)cc4)CC3)N2)nc1I. The number of halogens is 1. The molecule has 2 aromatic carbocycles. The van der Waals surface area contributed by atoms with Crippen molar-refractivity contribution >= 4 is 52.1 Å². The number of nitrogens with zero attached hydrogens (tertiary/aromatic N) is 4. The molecular formula is C27H30IN9O3. The number of nitrogens with one attached hydrogen (secondary N) is 3. The fourth-order valence-electron chi connectivity index (χ4n) is 4.63. The van der Waals surface area contributed by atoms with Gasteiger partial charge in [-0.2, -0.15) is 4.99 Å². The van der Waals surface area contributed by atoms with E-state index in [1.54, 1.807) is 0 Å². The van der Waals surface area contributed by atoms with E-state index in [0.29, 0.717) is 48.7 Å². The standard InChI is InChI=1S/C27H30IN9O3/c28-21-23(30)34-22(29)20(33-21)24(38)35-25-32-16-27(36-25)11-14-37(15-12-27)26(39)31-13-10-17-6-8-19(9-7-17)40-18-4-2-1-3-5-18/h1-9H,10-16H2,(H,31,39)(H4,29,30,34)(H2,32,35,36,38). The lowest BCUT2D eigenvalue weighted by Crippen LogP contribution is -2.55. The van der Waals surface area contributed by atoms with Crippen LogP contribution in [0.15, 0.2) is 59.6 Å². The number of hydrogen-bond donors (Lipinski definition) is 5. The molecule has 3 amide bonds. The molecule has 1 spiro atoms. The molecule has 3 heterocycles. The van der Waals surface area contributed by atoms with Crippen LogP contribution >= 0.6 is 22.6 Å². The number of hydrogen-bond acceptors (Lipinski definition) is 7. The highest BCUT2D eigenvalue weighted by Crippen LogP contribution is 2.25. The van der Waals surface area contributed by atoms with E-state index in [2.05, 4.69) is 30.9 Å². The molecule has 0 atom stereocenters. The number of urea groups is 1. The fraction of sp³-hybridized carbons (Fsp3) is 0.296. The molecule has 0 radical (unpaired) electrons. The summed E-state index contributed by atoms with van der Waals surface area (Å²) in [5.74, 6) is 1.41. The van der Waals surface area contributed by atoms with Crippen LogP contribution in [-0.2, 0) is 6.42 Å². The maximum absolute atomic E-state index is 12.8. The van der Waals surface area contributed by atoms with Gasteiger partial charge in [0.25, 0.3) is 0 Å². The van der Waals surface area contributed by atoms with Crippen molar-refractivity contribution in [3.63, 3.8) is 0 Å². The lowest BCUT2D eigenvalue weighted by Gasteiger charge is -2.38. The van der Waals surface area contributed by atoms with Crippen molar-refractivity contribution in [2.75, 3.05) is 37.6 Å². The molecule has 2 saturated heterocycles. The van der Waals surface area contributed by atoms with E-state index in [0.717, 1.165) is 23.5 Å². The van der Waals surface area contributed by atoms with Gasteiger partial charge in [0.2, 0.25) is 0 Å². The van der Waals surface area contributed by atoms with E-state index in [1.165, 1.54) is 0 Å². The third-order valence-corrected chi connectivity index (χ3v) is 7.69. The Labute approximate surface area is 245 Å². The predicted octanol–water partition coefficient (Wildman–Crippen LogP) is 2.51. The highest BCUT2D eigenvalue weighted by molar-refractivity contribution is 14.1. The van der Waals surface area contributed by atoms with Crippen molar-refractivity contribution in [3.8, 4) is 11.5 Å². The molecule has 0 aliphatic carbocycles. The van der Waals surface area contributed by atoms with Crippen LogP contribution in [0.5, 0.6) is 11.5 Å². The number of aromatic nitrogens is 2. The number of guanidine groups is 1. The first-order valence-electron chi connectivity index (χ1n) is 12.9. The molecule has 2 aliphatic rings. The normalized spacial score (nSPS) is 16.8. The van der Waals surface area contributed by atoms with E-state index in [-0.39, 0.29) is 28.9 Å². The van der Waals surface area contributed by atoms with Crippen LogP contribution in [-0.4, -0.2) is 64.5 Å². The minimum Gasteiger partial charge on any atom is -0.457 e. The first kappa shape index (κ1) is 27.4. The second kappa shape index (κ2) is 11.9. The summed E-state index contributed by atoms with van der Waals surface area (Å²) in [4.78, 5) is 39.4. The van der Waals surface area contributed by atoms with Crippen LogP contribution in [0.25, 0.3) is 0 Å². The van der Waals surface area contributed by atoms with Crippen molar-refractivity contribution in [3.05, 3.63) is 69.6 Å². The van der Waals surface area contributed by atoms with Crippen molar-refractivity contribution in [1.82, 2.24) is 30.8 Å². The molecule has 40 heavy (non-hydrogen) atoms. The number of benzene rings is 2. The number of nitrogens with two attached hydrogens (primary N) is 2. The summed E-state index contributed by atoms with van der Waals surface area (Å²) in [5.41, 5.74) is 12.3. The van der Waals surface area contributed by atoms with Crippen LogP contribution in [0.3, 0.4) is 0 Å². The average molecular weight is 656 g/mol. The van der Waals surface area contributed by atoms with Gasteiger partial charge < -0.3 is 37.1 Å². The number of para-hydroxylation sites is 1. The second-order valence-electron chi connectivity index (χ2n) is 9.69. The van der Waals surface area contributed by atoms with Crippen molar-refractivity contribution in [2.45, 2.75) is 24.8 Å². The zero-order valence-electron chi connectivity index (χ0n) is 21.7. The number of amides is 3. The summed E-state index contributed by atoms with van der Waals surface area (Å²) in [6, 6.07) is 17.4. The number of piperidine rings is 1. The lowest BCUT2D eigenvalue weighted by molar-refractivity contribution is 0.0998. The molecule has 0 bridgehead atoms. The van der Waals surface area contributed by atoms with Crippen LogP contribution in [0.1, 0.15) is 28.9 Å². The summed E-state index contributed by atoms with van der Waals surface area (Å²) in [5, 5.41) is 9.50. The smallest absolute Gasteiger partial charge is 0.317 e. The minimum absolute atomic E-state index is 0.0430. The van der Waals surface area contributed by atoms with Gasteiger partial charge in [-0.3, -0.25) is 4.79 Å². The third-order valence-electron chi connectivity index (χ3n) is 6.90. The van der Waals surface area contributed by atoms with E-state index in [9.17, 15) is 9.59 Å². The molecule has 0 saturated carbocycles. The number of carbonyl (C=O) groups excluding carboxylic acids is 2. The highest BCUT2D eigenvalue weighted by Gasteiger charge is 2.40. The molecule has 5 rings (SSSR count). The summed E-state index contributed by atoms with van der Waals surface area (Å²) in [6.07, 6.45) is 2.15. The van der Waals surface area contributed by atoms with Gasteiger partial charge in [0.05, 0.1) is 5.54 Å². The van der Waals surface area contributed by atoms with Crippen molar-refractivity contribution in [2.24, 2.45) is 4.99 Å². The van der Waals surface area contributed by atoms with Gasteiger partial charge in [0.1, 0.15) is 15.2 Å². The quantitative estimate of drug-likeness (QED) is 0.250. The van der Waals surface area contributed by atoms with E-state index < -0.39 is 5.91 Å². The number of likely N-dealkylation sites (tertiary alicyclic amines) is 1. The molecule has 2 aliphatic heterocycles. The highest BCUT2D eigenvalue weighted by atomic mass is 127. The third kappa shape index (κ3) is 6.52.